The Balaban J connectivity index is 0.000000280. The summed E-state index contributed by atoms with van der Waals surface area (Å²) in [5, 5.41) is 0. The Morgan fingerprint density at radius 2 is 0.786 bits per heavy atom. The Labute approximate surface area is 166 Å². The second-order valence-corrected chi connectivity index (χ2v) is 8.61. The number of hydrogen-bond acceptors (Lipinski definition) is 8. The molecule has 28 heavy (non-hydrogen) atoms. The van der Waals surface area contributed by atoms with Crippen molar-refractivity contribution in [1.82, 2.24) is 0 Å². The minimum atomic E-state index is -0.727. The minimum Gasteiger partial charge on any atom is -0.469 e. The number of carbonyl (C=O) groups excluding carboxylic acids is 4. The maximum atomic E-state index is 11.5. The summed E-state index contributed by atoms with van der Waals surface area (Å²) >= 11 is 0. The van der Waals surface area contributed by atoms with E-state index in [1.807, 2.05) is 13.8 Å². The van der Waals surface area contributed by atoms with E-state index >= 15 is 0 Å². The SMILES string of the molecule is COC(=O)C1(C)CC(C)(C(=O)OC)C1.COC(=O)C1(C)CCC1(C)C(=O)OC. The Hall–Kier alpha value is -2.12. The zero-order valence-corrected chi connectivity index (χ0v) is 18.1. The first kappa shape index (κ1) is 23.9. The van der Waals surface area contributed by atoms with Gasteiger partial charge in [-0.2, -0.15) is 0 Å². The molecule has 0 aromatic carbocycles. The molecule has 160 valence electrons. The molecule has 8 nitrogen and oxygen atoms in total. The first-order valence-corrected chi connectivity index (χ1v) is 9.14. The molecule has 0 N–H and O–H groups in total. The quantitative estimate of drug-likeness (QED) is 0.523. The number of hydrogen-bond donors (Lipinski definition) is 0. The fourth-order valence-corrected chi connectivity index (χ4v) is 4.43. The van der Waals surface area contributed by atoms with Gasteiger partial charge in [0.1, 0.15) is 0 Å². The lowest BCUT2D eigenvalue weighted by Crippen LogP contribution is -2.57. The predicted octanol–water partition coefficient (Wildman–Crippen LogP) is 2.28. The van der Waals surface area contributed by atoms with Gasteiger partial charge in [-0.25, -0.2) is 0 Å². The molecule has 2 aliphatic rings. The van der Waals surface area contributed by atoms with Crippen LogP contribution in [0.4, 0.5) is 0 Å². The van der Waals surface area contributed by atoms with Crippen LogP contribution in [-0.2, 0) is 38.1 Å². The van der Waals surface area contributed by atoms with Crippen molar-refractivity contribution in [2.45, 2.75) is 53.4 Å². The standard InChI is InChI=1S/2C10H16O4/c1-9(7(11)13-3)5-10(2,6-9)8(12)14-4;1-9(7(11)13-3)5-6-10(9,2)8(12)14-4/h2*5-6H2,1-4H3. The zero-order chi connectivity index (χ0) is 22.0. The highest BCUT2D eigenvalue weighted by Gasteiger charge is 2.63. The van der Waals surface area contributed by atoms with Gasteiger partial charge in [0.2, 0.25) is 0 Å². The van der Waals surface area contributed by atoms with Crippen LogP contribution >= 0.6 is 0 Å². The van der Waals surface area contributed by atoms with Crippen LogP contribution in [0.1, 0.15) is 53.4 Å². The third kappa shape index (κ3) is 3.73. The van der Waals surface area contributed by atoms with Crippen molar-refractivity contribution in [1.29, 1.82) is 0 Å². The number of ether oxygens (including phenoxy) is 4. The van der Waals surface area contributed by atoms with Gasteiger partial charge < -0.3 is 18.9 Å². The summed E-state index contributed by atoms with van der Waals surface area (Å²) in [5.41, 5.74) is -2.49. The summed E-state index contributed by atoms with van der Waals surface area (Å²) in [5.74, 6) is -1.17. The Kier molecular flexibility index (Phi) is 6.91. The molecule has 2 aliphatic carbocycles. The lowest BCUT2D eigenvalue weighted by atomic mass is 9.51. The molecule has 0 spiro atoms. The van der Waals surface area contributed by atoms with E-state index in [1.165, 1.54) is 28.4 Å². The van der Waals surface area contributed by atoms with E-state index in [0.29, 0.717) is 25.7 Å². The summed E-state index contributed by atoms with van der Waals surface area (Å²) in [4.78, 5) is 45.7. The monoisotopic (exact) mass is 400 g/mol. The predicted molar refractivity (Wildman–Crippen MR) is 99.0 cm³/mol. The van der Waals surface area contributed by atoms with E-state index in [0.717, 1.165) is 0 Å². The van der Waals surface area contributed by atoms with E-state index < -0.39 is 21.7 Å². The topological polar surface area (TPSA) is 105 Å². The van der Waals surface area contributed by atoms with E-state index in [-0.39, 0.29) is 23.9 Å². The maximum absolute atomic E-state index is 11.5. The Bertz CT molecular complexity index is 595. The first-order chi connectivity index (χ1) is 12.8. The van der Waals surface area contributed by atoms with Gasteiger partial charge in [0.05, 0.1) is 50.1 Å². The molecule has 2 rings (SSSR count). The van der Waals surface area contributed by atoms with Crippen molar-refractivity contribution in [3.8, 4) is 0 Å². The molecular weight excluding hydrogens is 368 g/mol. The maximum Gasteiger partial charge on any atom is 0.312 e. The largest absolute Gasteiger partial charge is 0.469 e. The van der Waals surface area contributed by atoms with Gasteiger partial charge in [0.25, 0.3) is 0 Å². The van der Waals surface area contributed by atoms with Crippen LogP contribution in [0.25, 0.3) is 0 Å². The van der Waals surface area contributed by atoms with E-state index in [9.17, 15) is 19.2 Å². The molecule has 0 aliphatic heterocycles. The number of esters is 4. The van der Waals surface area contributed by atoms with Gasteiger partial charge in [-0.3, -0.25) is 19.2 Å². The second kappa shape index (κ2) is 8.09. The molecule has 0 radical (unpaired) electrons. The molecule has 2 saturated carbocycles. The molecule has 2 fully saturated rings. The molecule has 2 unspecified atom stereocenters. The summed E-state index contributed by atoms with van der Waals surface area (Å²) in [6, 6.07) is 0. The van der Waals surface area contributed by atoms with Gasteiger partial charge in [-0.1, -0.05) is 0 Å². The smallest absolute Gasteiger partial charge is 0.312 e. The third-order valence-corrected chi connectivity index (χ3v) is 6.53. The van der Waals surface area contributed by atoms with E-state index in [2.05, 4.69) is 9.47 Å². The van der Waals surface area contributed by atoms with Crippen LogP contribution in [-0.4, -0.2) is 52.3 Å². The van der Waals surface area contributed by atoms with Gasteiger partial charge in [0, 0.05) is 0 Å². The summed E-state index contributed by atoms with van der Waals surface area (Å²) in [7, 11) is 5.40. The number of carbonyl (C=O) groups is 4. The molecule has 0 bridgehead atoms. The summed E-state index contributed by atoms with van der Waals surface area (Å²) in [6.07, 6.45) is 2.34. The molecule has 0 aromatic heterocycles. The minimum absolute atomic E-state index is 0.251. The lowest BCUT2D eigenvalue weighted by Gasteiger charge is -2.51. The fraction of sp³-hybridized carbons (Fsp3) is 0.800. The first-order valence-electron chi connectivity index (χ1n) is 9.14. The van der Waals surface area contributed by atoms with Crippen molar-refractivity contribution in [3.05, 3.63) is 0 Å². The van der Waals surface area contributed by atoms with Crippen molar-refractivity contribution >= 4 is 23.9 Å². The number of rotatable bonds is 4. The normalized spacial score (nSPS) is 35.7. The highest BCUT2D eigenvalue weighted by Crippen LogP contribution is 2.57. The third-order valence-electron chi connectivity index (χ3n) is 6.53. The average molecular weight is 400 g/mol. The van der Waals surface area contributed by atoms with Crippen LogP contribution in [0.5, 0.6) is 0 Å². The molecule has 0 heterocycles. The average Bonchev–Trinajstić information content (AvgIpc) is 2.67. The zero-order valence-electron chi connectivity index (χ0n) is 18.1. The highest BCUT2D eigenvalue weighted by atomic mass is 16.5. The van der Waals surface area contributed by atoms with Crippen molar-refractivity contribution in [3.63, 3.8) is 0 Å². The molecule has 8 heteroatoms. The molecule has 0 saturated heterocycles. The molecular formula is C20H32O8. The summed E-state index contributed by atoms with van der Waals surface area (Å²) in [6.45, 7) is 7.12. The van der Waals surface area contributed by atoms with Crippen LogP contribution in [0, 0.1) is 21.7 Å². The molecule has 0 aromatic rings. The van der Waals surface area contributed by atoms with Gasteiger partial charge in [-0.15, -0.1) is 0 Å². The highest BCUT2D eigenvalue weighted by molar-refractivity contribution is 5.90. The summed E-state index contributed by atoms with van der Waals surface area (Å²) < 4.78 is 18.7. The number of methoxy groups -OCH3 is 4. The van der Waals surface area contributed by atoms with Gasteiger partial charge in [-0.05, 0) is 53.4 Å². The van der Waals surface area contributed by atoms with E-state index in [4.69, 9.17) is 9.47 Å². The van der Waals surface area contributed by atoms with Gasteiger partial charge in [0.15, 0.2) is 0 Å². The second-order valence-electron chi connectivity index (χ2n) is 8.61. The van der Waals surface area contributed by atoms with Crippen LogP contribution < -0.4 is 0 Å². The van der Waals surface area contributed by atoms with Crippen LogP contribution in [0.3, 0.4) is 0 Å². The fourth-order valence-electron chi connectivity index (χ4n) is 4.43. The molecule has 2 atom stereocenters. The van der Waals surface area contributed by atoms with Gasteiger partial charge >= 0.3 is 23.9 Å². The van der Waals surface area contributed by atoms with Crippen molar-refractivity contribution in [2.75, 3.05) is 28.4 Å². The van der Waals surface area contributed by atoms with Crippen molar-refractivity contribution < 1.29 is 38.1 Å². The Morgan fingerprint density at radius 1 is 0.536 bits per heavy atom. The van der Waals surface area contributed by atoms with E-state index in [1.54, 1.807) is 13.8 Å². The lowest BCUT2D eigenvalue weighted by molar-refractivity contribution is -0.191. The van der Waals surface area contributed by atoms with Crippen LogP contribution in [0.15, 0.2) is 0 Å². The van der Waals surface area contributed by atoms with Crippen LogP contribution in [0.2, 0.25) is 0 Å². The van der Waals surface area contributed by atoms with Crippen molar-refractivity contribution in [2.24, 2.45) is 21.7 Å². The Morgan fingerprint density at radius 3 is 0.964 bits per heavy atom. The molecule has 0 amide bonds.